The molecule has 7 nitrogen and oxygen atoms in total. The zero-order chi connectivity index (χ0) is 20.1. The Bertz CT molecular complexity index is 719. The summed E-state index contributed by atoms with van der Waals surface area (Å²) < 4.78 is 12.2. The smallest absolute Gasteiger partial charge is 0.399 e. The first-order valence-electron chi connectivity index (χ1n) is 10.4. The third-order valence-electron chi connectivity index (χ3n) is 6.62. The van der Waals surface area contributed by atoms with E-state index in [1.807, 2.05) is 45.0 Å². The van der Waals surface area contributed by atoms with Crippen molar-refractivity contribution in [3.05, 3.63) is 12.4 Å². The van der Waals surface area contributed by atoms with E-state index in [0.29, 0.717) is 6.04 Å². The topological polar surface area (TPSA) is 67.8 Å². The van der Waals surface area contributed by atoms with Crippen LogP contribution in [0.3, 0.4) is 0 Å². The van der Waals surface area contributed by atoms with Gasteiger partial charge in [0.25, 0.3) is 0 Å². The molecule has 2 saturated heterocycles. The predicted molar refractivity (Wildman–Crippen MR) is 109 cm³/mol. The molecule has 0 unspecified atom stereocenters. The van der Waals surface area contributed by atoms with E-state index >= 15 is 0 Å². The summed E-state index contributed by atoms with van der Waals surface area (Å²) >= 11 is 0. The minimum Gasteiger partial charge on any atom is -0.399 e. The van der Waals surface area contributed by atoms with Crippen LogP contribution in [0.4, 0.5) is 5.95 Å². The van der Waals surface area contributed by atoms with E-state index in [1.165, 1.54) is 0 Å². The number of likely N-dealkylation sites (tertiary alicyclic amines) is 1. The second kappa shape index (κ2) is 6.99. The highest BCUT2D eigenvalue weighted by Gasteiger charge is 2.52. The lowest BCUT2D eigenvalue weighted by Gasteiger charge is -2.32. The van der Waals surface area contributed by atoms with Crippen molar-refractivity contribution in [2.75, 3.05) is 18.0 Å². The van der Waals surface area contributed by atoms with Gasteiger partial charge in [-0.3, -0.25) is 4.79 Å². The molecule has 1 amide bonds. The molecule has 28 heavy (non-hydrogen) atoms. The van der Waals surface area contributed by atoms with Gasteiger partial charge in [-0.1, -0.05) is 0 Å². The van der Waals surface area contributed by atoms with E-state index in [1.54, 1.807) is 6.92 Å². The summed E-state index contributed by atoms with van der Waals surface area (Å²) in [5, 5.41) is 0. The fraction of sp³-hybridized carbons (Fsp3) is 0.750. The molecule has 3 aliphatic rings. The quantitative estimate of drug-likeness (QED) is 0.719. The van der Waals surface area contributed by atoms with Gasteiger partial charge in [0.1, 0.15) is 0 Å². The number of nitrogens with zero attached hydrogens (tertiary/aromatic N) is 4. The van der Waals surface area contributed by atoms with Gasteiger partial charge in [0.15, 0.2) is 0 Å². The van der Waals surface area contributed by atoms with Crippen LogP contribution in [0.15, 0.2) is 12.4 Å². The zero-order valence-corrected chi connectivity index (χ0v) is 17.6. The summed E-state index contributed by atoms with van der Waals surface area (Å²) in [5.74, 6) is 0.897. The van der Waals surface area contributed by atoms with E-state index in [4.69, 9.17) is 9.31 Å². The van der Waals surface area contributed by atoms with Gasteiger partial charge < -0.3 is 19.1 Å². The molecule has 3 fully saturated rings. The van der Waals surface area contributed by atoms with Crippen molar-refractivity contribution in [3.8, 4) is 0 Å². The fourth-order valence-corrected chi connectivity index (χ4v) is 4.03. The van der Waals surface area contributed by atoms with Crippen LogP contribution in [-0.4, -0.2) is 64.3 Å². The van der Waals surface area contributed by atoms with Gasteiger partial charge >= 0.3 is 7.12 Å². The van der Waals surface area contributed by atoms with Gasteiger partial charge in [0.2, 0.25) is 11.9 Å². The predicted octanol–water partition coefficient (Wildman–Crippen LogP) is 1.76. The highest BCUT2D eigenvalue weighted by atomic mass is 16.7. The van der Waals surface area contributed by atoms with Crippen LogP contribution < -0.4 is 10.4 Å². The van der Waals surface area contributed by atoms with Gasteiger partial charge in [0.05, 0.1) is 11.2 Å². The molecule has 0 aromatic carbocycles. The van der Waals surface area contributed by atoms with E-state index < -0.39 is 7.12 Å². The van der Waals surface area contributed by atoms with Crippen molar-refractivity contribution in [3.63, 3.8) is 0 Å². The summed E-state index contributed by atoms with van der Waals surface area (Å²) in [7, 11) is -0.448. The summed E-state index contributed by atoms with van der Waals surface area (Å²) in [5.41, 5.74) is 0.0775. The van der Waals surface area contributed by atoms with Crippen molar-refractivity contribution in [1.29, 1.82) is 0 Å². The number of carbonyl (C=O) groups excluding carboxylic acids is 1. The van der Waals surface area contributed by atoms with E-state index in [9.17, 15) is 4.79 Å². The molecule has 1 saturated carbocycles. The normalized spacial score (nSPS) is 26.0. The Balaban J connectivity index is 1.48. The fourth-order valence-electron chi connectivity index (χ4n) is 4.03. The second-order valence-corrected chi connectivity index (χ2v) is 9.30. The average molecular weight is 386 g/mol. The highest BCUT2D eigenvalue weighted by Crippen LogP contribution is 2.36. The third-order valence-corrected chi connectivity index (χ3v) is 6.62. The average Bonchev–Trinajstić information content (AvgIpc) is 3.30. The van der Waals surface area contributed by atoms with Gasteiger partial charge in [-0.15, -0.1) is 0 Å². The lowest BCUT2D eigenvalue weighted by atomic mass is 9.81. The summed E-state index contributed by atoms with van der Waals surface area (Å²) in [4.78, 5) is 25.5. The van der Waals surface area contributed by atoms with Crippen LogP contribution in [-0.2, 0) is 14.1 Å². The molecule has 152 valence electrons. The standard InChI is InChI=1S/C20H31BN4O3/c1-14(26)24-10-6-7-17(24)13-25(16-8-9-16)18-22-11-15(12-23-18)21-27-19(2,3)20(4,5)28-21/h11-12,16-17H,6-10,13H2,1-5H3/t17-/m1/s1. The monoisotopic (exact) mass is 386 g/mol. The maximum atomic E-state index is 11.9. The number of hydrogen-bond acceptors (Lipinski definition) is 6. The maximum absolute atomic E-state index is 11.9. The van der Waals surface area contributed by atoms with Crippen LogP contribution in [0.2, 0.25) is 0 Å². The minimum absolute atomic E-state index is 0.162. The number of rotatable bonds is 5. The molecule has 0 bridgehead atoms. The van der Waals surface area contributed by atoms with E-state index in [2.05, 4.69) is 14.9 Å². The molecule has 3 heterocycles. The van der Waals surface area contributed by atoms with Crippen LogP contribution in [0.1, 0.15) is 60.3 Å². The minimum atomic E-state index is -0.448. The first kappa shape index (κ1) is 19.6. The molecule has 4 rings (SSSR count). The Kier molecular flexibility index (Phi) is 4.90. The maximum Gasteiger partial charge on any atom is 0.498 e. The van der Waals surface area contributed by atoms with E-state index in [-0.39, 0.29) is 23.2 Å². The van der Waals surface area contributed by atoms with Gasteiger partial charge in [-0.25, -0.2) is 9.97 Å². The summed E-state index contributed by atoms with van der Waals surface area (Å²) in [6, 6.07) is 0.738. The van der Waals surface area contributed by atoms with Crippen molar-refractivity contribution in [1.82, 2.24) is 14.9 Å². The second-order valence-electron chi connectivity index (χ2n) is 9.30. The molecule has 0 radical (unpaired) electrons. The summed E-state index contributed by atoms with van der Waals surface area (Å²) in [6.45, 7) is 11.5. The van der Waals surface area contributed by atoms with Crippen molar-refractivity contribution in [2.24, 2.45) is 0 Å². The Morgan fingerprint density at radius 3 is 2.32 bits per heavy atom. The summed E-state index contributed by atoms with van der Waals surface area (Å²) in [6.07, 6.45) is 8.08. The molecular formula is C20H31BN4O3. The van der Waals surface area contributed by atoms with Crippen LogP contribution >= 0.6 is 0 Å². The number of hydrogen-bond donors (Lipinski definition) is 0. The number of aromatic nitrogens is 2. The highest BCUT2D eigenvalue weighted by molar-refractivity contribution is 6.61. The number of carbonyl (C=O) groups is 1. The zero-order valence-electron chi connectivity index (χ0n) is 17.6. The molecule has 0 N–H and O–H groups in total. The van der Waals surface area contributed by atoms with Crippen molar-refractivity contribution < 1.29 is 14.1 Å². The third kappa shape index (κ3) is 3.64. The van der Waals surface area contributed by atoms with Crippen LogP contribution in [0, 0.1) is 0 Å². The largest absolute Gasteiger partial charge is 0.498 e. The molecule has 1 aliphatic carbocycles. The van der Waals surface area contributed by atoms with Crippen molar-refractivity contribution >= 4 is 24.4 Å². The van der Waals surface area contributed by atoms with E-state index in [0.717, 1.165) is 50.2 Å². The Labute approximate surface area is 167 Å². The number of amides is 1. The lowest BCUT2D eigenvalue weighted by molar-refractivity contribution is -0.129. The lowest BCUT2D eigenvalue weighted by Crippen LogP contribution is -2.44. The molecule has 1 aromatic rings. The molecule has 1 atom stereocenters. The SMILES string of the molecule is CC(=O)N1CCC[C@@H]1CN(c1ncc(B2OC(C)(C)C(C)(C)O2)cn1)C1CC1. The molecule has 1 aromatic heterocycles. The van der Waals surface area contributed by atoms with Crippen molar-refractivity contribution in [2.45, 2.75) is 83.6 Å². The van der Waals surface area contributed by atoms with Gasteiger partial charge in [0, 0.05) is 50.0 Å². The molecule has 0 spiro atoms. The Morgan fingerprint density at radius 1 is 1.18 bits per heavy atom. The first-order valence-corrected chi connectivity index (χ1v) is 10.4. The Hall–Kier alpha value is -1.67. The molecule has 8 heteroatoms. The number of anilines is 1. The first-order chi connectivity index (χ1) is 13.2. The van der Waals surface area contributed by atoms with Crippen LogP contribution in [0.25, 0.3) is 0 Å². The molecular weight excluding hydrogens is 355 g/mol. The van der Waals surface area contributed by atoms with Gasteiger partial charge in [-0.05, 0) is 53.4 Å². The Morgan fingerprint density at radius 2 is 1.79 bits per heavy atom. The van der Waals surface area contributed by atoms with Gasteiger partial charge in [-0.2, -0.15) is 0 Å². The van der Waals surface area contributed by atoms with Crippen LogP contribution in [0.5, 0.6) is 0 Å². The molecule has 2 aliphatic heterocycles.